The summed E-state index contributed by atoms with van der Waals surface area (Å²) in [4.78, 5) is 0. The van der Waals surface area contributed by atoms with E-state index in [1.54, 1.807) is 0 Å². The smallest absolute Gasteiger partial charge is 0.0647 e. The molecule has 0 aromatic rings. The third-order valence-corrected chi connectivity index (χ3v) is 9.48. The van der Waals surface area contributed by atoms with Crippen molar-refractivity contribution in [3.05, 3.63) is 0 Å². The summed E-state index contributed by atoms with van der Waals surface area (Å²) >= 11 is 0. The second kappa shape index (κ2) is 4.99. The number of rotatable bonds is 0. The molecule has 0 saturated heterocycles. The number of hydrogen-bond acceptors (Lipinski definition) is 1. The van der Waals surface area contributed by atoms with Crippen LogP contribution in [0.5, 0.6) is 0 Å². The van der Waals surface area contributed by atoms with Gasteiger partial charge < -0.3 is 5.11 Å². The van der Waals surface area contributed by atoms with Crippen LogP contribution in [0.1, 0.15) is 86.0 Å². The lowest BCUT2D eigenvalue weighted by atomic mass is 9.44. The average molecular weight is 319 g/mol. The molecule has 0 bridgehead atoms. The standard InChI is InChI=1S/C22H38O/c1-14-8-10-21(4)15(12-14)6-7-16-17(21)9-11-22(5)18(16)13-20(2,3)19(22)23/h14-19,23H,6-13H2,1-5H3/t14-,15-,16+,17-,18-,19-,21-,22-/m0/s1. The predicted molar refractivity (Wildman–Crippen MR) is 96.1 cm³/mol. The van der Waals surface area contributed by atoms with Gasteiger partial charge in [-0.1, -0.05) is 41.0 Å². The van der Waals surface area contributed by atoms with Crippen molar-refractivity contribution in [2.75, 3.05) is 0 Å². The van der Waals surface area contributed by atoms with E-state index in [0.717, 1.165) is 29.6 Å². The summed E-state index contributed by atoms with van der Waals surface area (Å²) in [6.07, 6.45) is 11.1. The van der Waals surface area contributed by atoms with Crippen LogP contribution in [0.2, 0.25) is 0 Å². The summed E-state index contributed by atoms with van der Waals surface area (Å²) < 4.78 is 0. The van der Waals surface area contributed by atoms with Crippen LogP contribution in [0.4, 0.5) is 0 Å². The quantitative estimate of drug-likeness (QED) is 0.611. The van der Waals surface area contributed by atoms with Crippen LogP contribution in [0.3, 0.4) is 0 Å². The van der Waals surface area contributed by atoms with Gasteiger partial charge in [-0.05, 0) is 90.8 Å². The van der Waals surface area contributed by atoms with Gasteiger partial charge in [-0.3, -0.25) is 0 Å². The molecule has 23 heavy (non-hydrogen) atoms. The fraction of sp³-hybridized carbons (Fsp3) is 1.00. The van der Waals surface area contributed by atoms with Crippen LogP contribution in [0.15, 0.2) is 0 Å². The summed E-state index contributed by atoms with van der Waals surface area (Å²) in [5.74, 6) is 4.53. The Morgan fingerprint density at radius 1 is 0.826 bits per heavy atom. The van der Waals surface area contributed by atoms with E-state index in [1.165, 1.54) is 51.4 Å². The molecular weight excluding hydrogens is 280 g/mol. The molecular formula is C22H38O. The maximum Gasteiger partial charge on any atom is 0.0647 e. The zero-order valence-corrected chi connectivity index (χ0v) is 16.1. The van der Waals surface area contributed by atoms with Crippen LogP contribution >= 0.6 is 0 Å². The molecule has 4 saturated carbocycles. The van der Waals surface area contributed by atoms with Gasteiger partial charge >= 0.3 is 0 Å². The van der Waals surface area contributed by atoms with E-state index in [2.05, 4.69) is 34.6 Å². The highest BCUT2D eigenvalue weighted by atomic mass is 16.3. The Kier molecular flexibility index (Phi) is 3.57. The van der Waals surface area contributed by atoms with Crippen LogP contribution in [0, 0.1) is 45.8 Å². The van der Waals surface area contributed by atoms with E-state index in [1.807, 2.05) is 0 Å². The Hall–Kier alpha value is -0.0400. The van der Waals surface area contributed by atoms with E-state index in [4.69, 9.17) is 0 Å². The third kappa shape index (κ3) is 2.14. The van der Waals surface area contributed by atoms with Crippen molar-refractivity contribution in [3.63, 3.8) is 0 Å². The van der Waals surface area contributed by atoms with Crippen molar-refractivity contribution < 1.29 is 5.11 Å². The minimum atomic E-state index is -0.0992. The molecule has 4 rings (SSSR count). The van der Waals surface area contributed by atoms with Crippen molar-refractivity contribution in [1.29, 1.82) is 0 Å². The molecule has 0 heterocycles. The highest BCUT2D eigenvalue weighted by molar-refractivity contribution is 5.12. The van der Waals surface area contributed by atoms with E-state index in [-0.39, 0.29) is 16.9 Å². The summed E-state index contributed by atoms with van der Waals surface area (Å²) in [6, 6.07) is 0. The van der Waals surface area contributed by atoms with Crippen molar-refractivity contribution in [1.82, 2.24) is 0 Å². The molecule has 1 nitrogen and oxygen atoms in total. The molecule has 0 aromatic carbocycles. The average Bonchev–Trinajstić information content (AvgIpc) is 2.68. The maximum absolute atomic E-state index is 11.0. The second-order valence-electron chi connectivity index (χ2n) is 11.2. The number of hydrogen-bond donors (Lipinski definition) is 1. The first-order valence-electron chi connectivity index (χ1n) is 10.4. The Morgan fingerprint density at radius 2 is 1.52 bits per heavy atom. The van der Waals surface area contributed by atoms with Gasteiger partial charge in [0.15, 0.2) is 0 Å². The summed E-state index contributed by atoms with van der Waals surface area (Å²) in [7, 11) is 0. The largest absolute Gasteiger partial charge is 0.392 e. The molecule has 4 aliphatic carbocycles. The molecule has 0 spiro atoms. The highest BCUT2D eigenvalue weighted by Crippen LogP contribution is 2.68. The molecule has 0 aliphatic heterocycles. The molecule has 132 valence electrons. The second-order valence-corrected chi connectivity index (χ2v) is 11.2. The van der Waals surface area contributed by atoms with E-state index in [9.17, 15) is 5.11 Å². The van der Waals surface area contributed by atoms with E-state index in [0.29, 0.717) is 5.41 Å². The van der Waals surface area contributed by atoms with Gasteiger partial charge in [0.2, 0.25) is 0 Å². The Bertz CT molecular complexity index is 482. The topological polar surface area (TPSA) is 20.2 Å². The first-order chi connectivity index (χ1) is 10.7. The van der Waals surface area contributed by atoms with Gasteiger partial charge in [-0.15, -0.1) is 0 Å². The number of fused-ring (bicyclic) bond motifs is 5. The lowest BCUT2D eigenvalue weighted by Crippen LogP contribution is -2.54. The fourth-order valence-corrected chi connectivity index (χ4v) is 8.12. The zero-order chi connectivity index (χ0) is 16.6. The molecule has 4 aliphatic rings. The maximum atomic E-state index is 11.0. The number of aliphatic hydroxyl groups excluding tert-OH is 1. The van der Waals surface area contributed by atoms with Crippen molar-refractivity contribution in [3.8, 4) is 0 Å². The van der Waals surface area contributed by atoms with Crippen LogP contribution < -0.4 is 0 Å². The Labute approximate surface area is 143 Å². The SMILES string of the molecule is C[C@H]1CC[C@@]2(C)[C@@H](CC[C@@H]3[C@@H]2CC[C@@]2(C)[C@H]3CC(C)(C)[C@@H]2O)C1. The molecule has 0 aromatic heterocycles. The van der Waals surface area contributed by atoms with Crippen LogP contribution in [-0.2, 0) is 0 Å². The monoisotopic (exact) mass is 318 g/mol. The number of aliphatic hydroxyl groups is 1. The first kappa shape index (κ1) is 16.4. The molecule has 8 atom stereocenters. The lowest BCUT2D eigenvalue weighted by molar-refractivity contribution is -0.128. The Balaban J connectivity index is 1.65. The van der Waals surface area contributed by atoms with Gasteiger partial charge in [0, 0.05) is 0 Å². The summed E-state index contributed by atoms with van der Waals surface area (Å²) in [5.41, 5.74) is 0.914. The summed E-state index contributed by atoms with van der Waals surface area (Å²) in [5, 5.41) is 11.0. The van der Waals surface area contributed by atoms with Crippen molar-refractivity contribution in [2.24, 2.45) is 45.8 Å². The summed E-state index contributed by atoms with van der Waals surface area (Å²) in [6.45, 7) is 12.2. The molecule has 1 N–H and O–H groups in total. The van der Waals surface area contributed by atoms with Gasteiger partial charge in [-0.2, -0.15) is 0 Å². The normalized spacial score (nSPS) is 58.2. The van der Waals surface area contributed by atoms with Crippen LogP contribution in [0.25, 0.3) is 0 Å². The fourth-order valence-electron chi connectivity index (χ4n) is 8.12. The van der Waals surface area contributed by atoms with Crippen LogP contribution in [-0.4, -0.2) is 11.2 Å². The highest BCUT2D eigenvalue weighted by Gasteiger charge is 2.63. The third-order valence-electron chi connectivity index (χ3n) is 9.48. The lowest BCUT2D eigenvalue weighted by Gasteiger charge is -2.60. The van der Waals surface area contributed by atoms with Gasteiger partial charge in [0.25, 0.3) is 0 Å². The molecule has 4 fully saturated rings. The van der Waals surface area contributed by atoms with Gasteiger partial charge in [0.1, 0.15) is 0 Å². The van der Waals surface area contributed by atoms with Crippen molar-refractivity contribution in [2.45, 2.75) is 92.1 Å². The minimum absolute atomic E-state index is 0.0992. The Morgan fingerprint density at radius 3 is 2.26 bits per heavy atom. The first-order valence-corrected chi connectivity index (χ1v) is 10.4. The van der Waals surface area contributed by atoms with E-state index >= 15 is 0 Å². The van der Waals surface area contributed by atoms with Gasteiger partial charge in [0.05, 0.1) is 6.10 Å². The zero-order valence-electron chi connectivity index (χ0n) is 16.1. The molecule has 1 heteroatoms. The molecule has 0 radical (unpaired) electrons. The molecule has 0 unspecified atom stereocenters. The van der Waals surface area contributed by atoms with Gasteiger partial charge in [-0.25, -0.2) is 0 Å². The predicted octanol–water partition coefficient (Wildman–Crippen LogP) is 5.66. The minimum Gasteiger partial charge on any atom is -0.392 e. The van der Waals surface area contributed by atoms with E-state index < -0.39 is 0 Å². The van der Waals surface area contributed by atoms with Crippen molar-refractivity contribution >= 4 is 0 Å². The molecule has 0 amide bonds.